The van der Waals surface area contributed by atoms with Crippen LogP contribution in [0, 0.1) is 19.7 Å². The Morgan fingerprint density at radius 2 is 2.00 bits per heavy atom. The summed E-state index contributed by atoms with van der Waals surface area (Å²) < 4.78 is 13.7. The maximum atomic E-state index is 13.7. The molecule has 2 nitrogen and oxygen atoms in total. The van der Waals surface area contributed by atoms with E-state index in [2.05, 4.69) is 24.8 Å². The molecule has 1 heterocycles. The smallest absolute Gasteiger partial charge is 0.127 e. The van der Waals surface area contributed by atoms with Crippen molar-refractivity contribution in [3.05, 3.63) is 57.0 Å². The molecule has 2 rings (SSSR count). The minimum absolute atomic E-state index is 0.125. The van der Waals surface area contributed by atoms with E-state index in [1.807, 2.05) is 19.2 Å². The van der Waals surface area contributed by atoms with E-state index in [-0.39, 0.29) is 11.9 Å². The van der Waals surface area contributed by atoms with Crippen molar-refractivity contribution in [2.75, 3.05) is 13.6 Å². The summed E-state index contributed by atoms with van der Waals surface area (Å²) in [4.78, 5) is 4.70. The molecule has 2 N–H and O–H groups in total. The van der Waals surface area contributed by atoms with Crippen LogP contribution >= 0.6 is 11.3 Å². The highest BCUT2D eigenvalue weighted by Crippen LogP contribution is 2.29. The summed E-state index contributed by atoms with van der Waals surface area (Å²) in [5.74, 6) is -0.159. The molecule has 20 heavy (non-hydrogen) atoms. The average Bonchev–Trinajstić information content (AvgIpc) is 2.72. The molecule has 0 aliphatic heterocycles. The molecule has 1 unspecified atom stereocenters. The molecule has 1 aromatic carbocycles. The number of rotatable bonds is 5. The molecule has 0 aliphatic carbocycles. The third-order valence-corrected chi connectivity index (χ3v) is 4.55. The van der Waals surface area contributed by atoms with E-state index in [1.54, 1.807) is 17.4 Å². The lowest BCUT2D eigenvalue weighted by molar-refractivity contribution is 0.238. The van der Waals surface area contributed by atoms with Crippen molar-refractivity contribution in [3.63, 3.8) is 0 Å². The van der Waals surface area contributed by atoms with E-state index in [4.69, 9.17) is 5.73 Å². The summed E-state index contributed by atoms with van der Waals surface area (Å²) >= 11 is 1.78. The van der Waals surface area contributed by atoms with Crippen molar-refractivity contribution in [2.24, 2.45) is 5.73 Å². The normalized spacial score (nSPS) is 12.9. The van der Waals surface area contributed by atoms with Crippen LogP contribution < -0.4 is 5.73 Å². The fraction of sp³-hybridized carbons (Fsp3) is 0.375. The number of hydrogen-bond acceptors (Lipinski definition) is 3. The molecule has 0 saturated carbocycles. The highest BCUT2D eigenvalue weighted by molar-refractivity contribution is 7.12. The first-order valence-corrected chi connectivity index (χ1v) is 7.55. The lowest BCUT2D eigenvalue weighted by atomic mass is 10.1. The number of nitrogens with zero attached hydrogens (tertiary/aromatic N) is 1. The van der Waals surface area contributed by atoms with Gasteiger partial charge in [-0.15, -0.1) is 11.3 Å². The Balaban J connectivity index is 2.20. The molecule has 4 heteroatoms. The van der Waals surface area contributed by atoms with Crippen LogP contribution in [0.4, 0.5) is 4.39 Å². The fourth-order valence-corrected chi connectivity index (χ4v) is 3.51. The zero-order chi connectivity index (χ0) is 14.7. The lowest BCUT2D eigenvalue weighted by Crippen LogP contribution is -2.30. The lowest BCUT2D eigenvalue weighted by Gasteiger charge is -2.27. The van der Waals surface area contributed by atoms with Gasteiger partial charge in [0.15, 0.2) is 0 Å². The molecule has 1 atom stereocenters. The number of thiophene rings is 1. The Hall–Kier alpha value is -1.23. The van der Waals surface area contributed by atoms with Gasteiger partial charge in [0, 0.05) is 34.4 Å². The Bertz CT molecular complexity index is 580. The number of hydrogen-bond donors (Lipinski definition) is 1. The second-order valence-corrected chi connectivity index (χ2v) is 6.59. The molecule has 0 spiro atoms. The molecule has 108 valence electrons. The standard InChI is InChI=1S/C16H21FN2S/c1-11-8-14(12(2)20-11)16(9-18)19(3)10-13-6-4-5-7-15(13)17/h4-8,16H,9-10,18H2,1-3H3. The van der Waals surface area contributed by atoms with E-state index in [0.29, 0.717) is 18.7 Å². The number of aryl methyl sites for hydroxylation is 2. The summed E-state index contributed by atoms with van der Waals surface area (Å²) in [6, 6.07) is 9.22. The van der Waals surface area contributed by atoms with E-state index in [0.717, 1.165) is 0 Å². The number of halogens is 1. The van der Waals surface area contributed by atoms with Crippen LogP contribution in [-0.2, 0) is 6.54 Å². The van der Waals surface area contributed by atoms with E-state index >= 15 is 0 Å². The molecule has 0 radical (unpaired) electrons. The zero-order valence-corrected chi connectivity index (χ0v) is 13.0. The molecule has 0 bridgehead atoms. The first kappa shape index (κ1) is 15.2. The van der Waals surface area contributed by atoms with Gasteiger partial charge in [-0.2, -0.15) is 0 Å². The number of benzene rings is 1. The molecule has 0 fully saturated rings. The van der Waals surface area contributed by atoms with Crippen LogP contribution in [0.15, 0.2) is 30.3 Å². The van der Waals surface area contributed by atoms with Gasteiger partial charge < -0.3 is 5.73 Å². The maximum absolute atomic E-state index is 13.7. The molecule has 0 amide bonds. The second-order valence-electron chi connectivity index (χ2n) is 5.13. The second kappa shape index (κ2) is 6.48. The van der Waals surface area contributed by atoms with E-state index in [1.165, 1.54) is 21.4 Å². The van der Waals surface area contributed by atoms with Crippen LogP contribution in [0.2, 0.25) is 0 Å². The summed E-state index contributed by atoms with van der Waals surface area (Å²) in [7, 11) is 2.00. The number of nitrogens with two attached hydrogens (primary N) is 1. The summed E-state index contributed by atoms with van der Waals surface area (Å²) in [6.07, 6.45) is 0. The quantitative estimate of drug-likeness (QED) is 0.911. The third kappa shape index (κ3) is 3.26. The van der Waals surface area contributed by atoms with Crippen LogP contribution in [-0.4, -0.2) is 18.5 Å². The van der Waals surface area contributed by atoms with Crippen LogP contribution in [0.3, 0.4) is 0 Å². The van der Waals surface area contributed by atoms with Crippen molar-refractivity contribution in [1.82, 2.24) is 4.90 Å². The van der Waals surface area contributed by atoms with Crippen molar-refractivity contribution in [1.29, 1.82) is 0 Å². The van der Waals surface area contributed by atoms with Gasteiger partial charge in [-0.25, -0.2) is 4.39 Å². The van der Waals surface area contributed by atoms with Crippen molar-refractivity contribution in [3.8, 4) is 0 Å². The molecule has 2 aromatic rings. The highest BCUT2D eigenvalue weighted by Gasteiger charge is 2.20. The van der Waals surface area contributed by atoms with Crippen LogP contribution in [0.1, 0.15) is 26.9 Å². The van der Waals surface area contributed by atoms with Gasteiger partial charge in [0.05, 0.1) is 0 Å². The van der Waals surface area contributed by atoms with Gasteiger partial charge in [0.25, 0.3) is 0 Å². The van der Waals surface area contributed by atoms with E-state index in [9.17, 15) is 4.39 Å². The Morgan fingerprint density at radius 1 is 1.30 bits per heavy atom. The Morgan fingerprint density at radius 3 is 2.55 bits per heavy atom. The minimum Gasteiger partial charge on any atom is -0.329 e. The molecule has 0 saturated heterocycles. The molecule has 1 aromatic heterocycles. The molecular weight excluding hydrogens is 271 g/mol. The highest BCUT2D eigenvalue weighted by atomic mass is 32.1. The van der Waals surface area contributed by atoms with Gasteiger partial charge in [-0.1, -0.05) is 18.2 Å². The van der Waals surface area contributed by atoms with Crippen molar-refractivity contribution >= 4 is 11.3 Å². The predicted octanol–water partition coefficient (Wildman–Crippen LogP) is 3.64. The van der Waals surface area contributed by atoms with Gasteiger partial charge in [0.1, 0.15) is 5.82 Å². The van der Waals surface area contributed by atoms with E-state index < -0.39 is 0 Å². The fourth-order valence-electron chi connectivity index (χ4n) is 2.53. The Labute approximate surface area is 124 Å². The summed E-state index contributed by atoms with van der Waals surface area (Å²) in [5, 5.41) is 0. The largest absolute Gasteiger partial charge is 0.329 e. The van der Waals surface area contributed by atoms with Crippen molar-refractivity contribution < 1.29 is 4.39 Å². The van der Waals surface area contributed by atoms with Gasteiger partial charge in [-0.05, 0) is 38.6 Å². The first-order chi connectivity index (χ1) is 9.52. The van der Waals surface area contributed by atoms with Crippen LogP contribution in [0.5, 0.6) is 0 Å². The zero-order valence-electron chi connectivity index (χ0n) is 12.2. The topological polar surface area (TPSA) is 29.3 Å². The maximum Gasteiger partial charge on any atom is 0.127 e. The van der Waals surface area contributed by atoms with Gasteiger partial charge in [0.2, 0.25) is 0 Å². The van der Waals surface area contributed by atoms with Crippen molar-refractivity contribution in [2.45, 2.75) is 26.4 Å². The van der Waals surface area contributed by atoms with Gasteiger partial charge in [-0.3, -0.25) is 4.90 Å². The predicted molar refractivity (Wildman–Crippen MR) is 83.5 cm³/mol. The summed E-state index contributed by atoms with van der Waals surface area (Å²) in [6.45, 7) is 5.31. The van der Waals surface area contributed by atoms with Crippen LogP contribution in [0.25, 0.3) is 0 Å². The molecule has 0 aliphatic rings. The minimum atomic E-state index is -0.159. The monoisotopic (exact) mass is 292 g/mol. The first-order valence-electron chi connectivity index (χ1n) is 6.73. The number of likely N-dealkylation sites (N-methyl/N-ethyl adjacent to an activating group) is 1. The van der Waals surface area contributed by atoms with Gasteiger partial charge >= 0.3 is 0 Å². The average molecular weight is 292 g/mol. The molecular formula is C16H21FN2S. The Kier molecular flexibility index (Phi) is 4.91. The SMILES string of the molecule is Cc1cc(C(CN)N(C)Cc2ccccc2F)c(C)s1. The summed E-state index contributed by atoms with van der Waals surface area (Å²) in [5.41, 5.74) is 7.91. The third-order valence-electron chi connectivity index (χ3n) is 3.57.